The van der Waals surface area contributed by atoms with Crippen LogP contribution in [-0.2, 0) is 16.1 Å². The number of rotatable bonds is 4. The lowest BCUT2D eigenvalue weighted by molar-refractivity contribution is -0.140. The summed E-state index contributed by atoms with van der Waals surface area (Å²) >= 11 is 0. The molecule has 1 saturated heterocycles. The van der Waals surface area contributed by atoms with Gasteiger partial charge in [-0.1, -0.05) is 0 Å². The van der Waals surface area contributed by atoms with Gasteiger partial charge in [0.15, 0.2) is 0 Å². The van der Waals surface area contributed by atoms with Crippen molar-refractivity contribution in [1.29, 1.82) is 0 Å². The van der Waals surface area contributed by atoms with Gasteiger partial charge in [-0.05, 0) is 19.9 Å². The Balaban J connectivity index is 1.87. The van der Waals surface area contributed by atoms with Crippen LogP contribution in [0.2, 0.25) is 0 Å². The third kappa shape index (κ3) is 4.04. The Kier molecular flexibility index (Phi) is 4.95. The molecular weight excluding hydrogens is 270 g/mol. The summed E-state index contributed by atoms with van der Waals surface area (Å²) in [6.07, 6.45) is 0. The van der Waals surface area contributed by atoms with Gasteiger partial charge >= 0.3 is 0 Å². The lowest BCUT2D eigenvalue weighted by Gasteiger charge is -2.29. The first kappa shape index (κ1) is 15.5. The van der Waals surface area contributed by atoms with Gasteiger partial charge < -0.3 is 15.1 Å². The minimum atomic E-state index is -0.107. The van der Waals surface area contributed by atoms with Crippen LogP contribution in [0.3, 0.4) is 0 Å². The fourth-order valence-electron chi connectivity index (χ4n) is 2.39. The summed E-state index contributed by atoms with van der Waals surface area (Å²) in [6.45, 7) is 7.15. The first-order chi connectivity index (χ1) is 9.97. The molecule has 0 saturated carbocycles. The molecule has 0 aromatic carbocycles. The van der Waals surface area contributed by atoms with Gasteiger partial charge in [0.25, 0.3) is 0 Å². The maximum absolute atomic E-state index is 12.2. The number of aromatic nitrogens is 2. The van der Waals surface area contributed by atoms with Crippen molar-refractivity contribution in [3.05, 3.63) is 17.5 Å². The predicted octanol–water partition coefficient (Wildman–Crippen LogP) is -0.610. The Morgan fingerprint density at radius 2 is 2.00 bits per heavy atom. The lowest BCUT2D eigenvalue weighted by atomic mass is 10.3. The highest BCUT2D eigenvalue weighted by molar-refractivity contribution is 5.84. The van der Waals surface area contributed by atoms with Crippen LogP contribution in [0, 0.1) is 13.8 Å². The molecule has 1 fully saturated rings. The molecule has 2 rings (SSSR count). The zero-order chi connectivity index (χ0) is 15.4. The molecule has 7 nitrogen and oxygen atoms in total. The number of hydrogen-bond acceptors (Lipinski definition) is 4. The van der Waals surface area contributed by atoms with Crippen LogP contribution in [0.25, 0.3) is 0 Å². The summed E-state index contributed by atoms with van der Waals surface area (Å²) in [4.78, 5) is 27.6. The molecule has 116 valence electrons. The van der Waals surface area contributed by atoms with Crippen molar-refractivity contribution in [2.24, 2.45) is 0 Å². The van der Waals surface area contributed by atoms with Crippen molar-refractivity contribution < 1.29 is 9.59 Å². The first-order valence-electron chi connectivity index (χ1n) is 7.21. The van der Waals surface area contributed by atoms with Gasteiger partial charge in [-0.15, -0.1) is 0 Å². The largest absolute Gasteiger partial charge is 0.339 e. The molecule has 0 radical (unpaired) electrons. The van der Waals surface area contributed by atoms with Crippen LogP contribution in [0.5, 0.6) is 0 Å². The molecule has 1 aromatic heterocycles. The summed E-state index contributed by atoms with van der Waals surface area (Å²) in [6, 6.07) is 1.93. The van der Waals surface area contributed by atoms with Gasteiger partial charge in [-0.3, -0.25) is 14.3 Å². The maximum atomic E-state index is 12.2. The molecule has 2 amide bonds. The van der Waals surface area contributed by atoms with Crippen molar-refractivity contribution in [3.63, 3.8) is 0 Å². The summed E-state index contributed by atoms with van der Waals surface area (Å²) < 4.78 is 1.67. The minimum absolute atomic E-state index is 0.000665. The molecule has 0 unspecified atom stereocenters. The van der Waals surface area contributed by atoms with E-state index in [1.54, 1.807) is 16.6 Å². The monoisotopic (exact) mass is 293 g/mol. The fourth-order valence-corrected chi connectivity index (χ4v) is 2.39. The fraction of sp³-hybridized carbons (Fsp3) is 0.643. The molecule has 2 heterocycles. The lowest BCUT2D eigenvalue weighted by Crippen LogP contribution is -2.50. The molecule has 0 atom stereocenters. The summed E-state index contributed by atoms with van der Waals surface area (Å²) in [7, 11) is 1.66. The quantitative estimate of drug-likeness (QED) is 0.804. The van der Waals surface area contributed by atoms with Crippen LogP contribution >= 0.6 is 0 Å². The summed E-state index contributed by atoms with van der Waals surface area (Å²) in [5.74, 6) is -0.106. The Hall–Kier alpha value is -1.89. The van der Waals surface area contributed by atoms with Crippen molar-refractivity contribution >= 4 is 11.8 Å². The third-order valence-electron chi connectivity index (χ3n) is 3.66. The first-order valence-corrected chi connectivity index (χ1v) is 7.21. The van der Waals surface area contributed by atoms with Crippen LogP contribution in [-0.4, -0.2) is 71.2 Å². The maximum Gasteiger partial charge on any atom is 0.244 e. The topological polar surface area (TPSA) is 70.5 Å². The molecule has 1 aliphatic heterocycles. The van der Waals surface area contributed by atoms with E-state index in [9.17, 15) is 9.59 Å². The summed E-state index contributed by atoms with van der Waals surface area (Å²) in [5.41, 5.74) is 1.84. The second-order valence-electron chi connectivity index (χ2n) is 5.47. The minimum Gasteiger partial charge on any atom is -0.339 e. The highest BCUT2D eigenvalue weighted by Crippen LogP contribution is 2.03. The SMILES string of the molecule is Cc1cc(C)n(CC(=O)N(C)CC(=O)N2CCNCC2)n1. The van der Waals surface area contributed by atoms with E-state index in [-0.39, 0.29) is 24.9 Å². The molecule has 1 aromatic rings. The van der Waals surface area contributed by atoms with E-state index in [4.69, 9.17) is 0 Å². The average Bonchev–Trinajstić information content (AvgIpc) is 2.77. The zero-order valence-corrected chi connectivity index (χ0v) is 12.9. The van der Waals surface area contributed by atoms with E-state index in [1.165, 1.54) is 4.90 Å². The van der Waals surface area contributed by atoms with Crippen LogP contribution in [0.15, 0.2) is 6.07 Å². The third-order valence-corrected chi connectivity index (χ3v) is 3.66. The standard InChI is InChI=1S/C14H23N5O2/c1-11-8-12(2)19(16-11)10-13(20)17(3)9-14(21)18-6-4-15-5-7-18/h8,15H,4-7,9-10H2,1-3H3. The highest BCUT2D eigenvalue weighted by Gasteiger charge is 2.20. The predicted molar refractivity (Wildman–Crippen MR) is 78.8 cm³/mol. The van der Waals surface area contributed by atoms with E-state index >= 15 is 0 Å². The van der Waals surface area contributed by atoms with Crippen molar-refractivity contribution in [2.75, 3.05) is 39.8 Å². The molecule has 0 aliphatic carbocycles. The number of piperazine rings is 1. The van der Waals surface area contributed by atoms with Gasteiger partial charge in [0.2, 0.25) is 11.8 Å². The van der Waals surface area contributed by atoms with Gasteiger partial charge in [-0.2, -0.15) is 5.10 Å². The normalized spacial score (nSPS) is 15.1. The van der Waals surface area contributed by atoms with Crippen LogP contribution < -0.4 is 5.32 Å². The second-order valence-corrected chi connectivity index (χ2v) is 5.47. The van der Waals surface area contributed by atoms with E-state index in [1.807, 2.05) is 19.9 Å². The number of amides is 2. The number of carbonyl (C=O) groups excluding carboxylic acids is 2. The molecular formula is C14H23N5O2. The summed E-state index contributed by atoms with van der Waals surface area (Å²) in [5, 5.41) is 7.47. The van der Waals surface area contributed by atoms with E-state index in [2.05, 4.69) is 10.4 Å². The van der Waals surface area contributed by atoms with Crippen molar-refractivity contribution in [2.45, 2.75) is 20.4 Å². The van der Waals surface area contributed by atoms with Crippen LogP contribution in [0.4, 0.5) is 0 Å². The van der Waals surface area contributed by atoms with E-state index in [0.717, 1.165) is 24.5 Å². The number of nitrogens with one attached hydrogen (secondary N) is 1. The second kappa shape index (κ2) is 6.71. The smallest absolute Gasteiger partial charge is 0.244 e. The molecule has 0 bridgehead atoms. The Bertz CT molecular complexity index is 519. The number of nitrogens with zero attached hydrogens (tertiary/aromatic N) is 4. The van der Waals surface area contributed by atoms with Gasteiger partial charge in [-0.25, -0.2) is 0 Å². The Labute approximate surface area is 124 Å². The number of carbonyl (C=O) groups is 2. The molecule has 1 aliphatic rings. The van der Waals surface area contributed by atoms with Gasteiger partial charge in [0, 0.05) is 38.9 Å². The molecule has 1 N–H and O–H groups in total. The number of hydrogen-bond donors (Lipinski definition) is 1. The van der Waals surface area contributed by atoms with Gasteiger partial charge in [0.1, 0.15) is 6.54 Å². The molecule has 7 heteroatoms. The average molecular weight is 293 g/mol. The highest BCUT2D eigenvalue weighted by atomic mass is 16.2. The van der Waals surface area contributed by atoms with Crippen molar-refractivity contribution in [1.82, 2.24) is 24.9 Å². The number of likely N-dealkylation sites (N-methyl/N-ethyl adjacent to an activating group) is 1. The van der Waals surface area contributed by atoms with E-state index < -0.39 is 0 Å². The van der Waals surface area contributed by atoms with Crippen LogP contribution in [0.1, 0.15) is 11.4 Å². The van der Waals surface area contributed by atoms with Crippen molar-refractivity contribution in [3.8, 4) is 0 Å². The number of aryl methyl sites for hydroxylation is 2. The molecule has 21 heavy (non-hydrogen) atoms. The Morgan fingerprint density at radius 1 is 1.33 bits per heavy atom. The van der Waals surface area contributed by atoms with Gasteiger partial charge in [0.05, 0.1) is 12.2 Å². The zero-order valence-electron chi connectivity index (χ0n) is 12.9. The Morgan fingerprint density at radius 3 is 2.57 bits per heavy atom. The molecule has 0 spiro atoms. The van der Waals surface area contributed by atoms with E-state index in [0.29, 0.717) is 13.1 Å².